The van der Waals surface area contributed by atoms with Crippen LogP contribution in [0.25, 0.3) is 0 Å². The Morgan fingerprint density at radius 1 is 1.57 bits per heavy atom. The molecule has 14 heavy (non-hydrogen) atoms. The van der Waals surface area contributed by atoms with Gasteiger partial charge in [-0.3, -0.25) is 4.90 Å². The van der Waals surface area contributed by atoms with E-state index in [0.717, 1.165) is 6.04 Å². The minimum Gasteiger partial charge on any atom is -0.327 e. The molecule has 1 aliphatic heterocycles. The molecule has 3 atom stereocenters. The minimum absolute atomic E-state index is 0.429. The predicted molar refractivity (Wildman–Crippen MR) is 65.8 cm³/mol. The SMILES string of the molecule is CCC(CSC)N1CCC(N)C(C)C1. The van der Waals surface area contributed by atoms with E-state index < -0.39 is 0 Å². The lowest BCUT2D eigenvalue weighted by atomic mass is 9.93. The topological polar surface area (TPSA) is 29.3 Å². The fourth-order valence-corrected chi connectivity index (χ4v) is 3.03. The maximum atomic E-state index is 6.02. The zero-order valence-corrected chi connectivity index (χ0v) is 10.5. The Kier molecular flexibility index (Phi) is 5.28. The fourth-order valence-electron chi connectivity index (χ4n) is 2.20. The number of thioether (sulfide) groups is 1. The van der Waals surface area contributed by atoms with Crippen molar-refractivity contribution in [2.24, 2.45) is 11.7 Å². The first-order chi connectivity index (χ1) is 6.69. The lowest BCUT2D eigenvalue weighted by Gasteiger charge is -2.39. The van der Waals surface area contributed by atoms with Crippen molar-refractivity contribution in [2.45, 2.75) is 38.8 Å². The van der Waals surface area contributed by atoms with Crippen molar-refractivity contribution >= 4 is 11.8 Å². The Labute approximate surface area is 92.6 Å². The standard InChI is InChI=1S/C11H24N2S/c1-4-10(8-14-3)13-6-5-11(12)9(2)7-13/h9-11H,4-8,12H2,1-3H3. The summed E-state index contributed by atoms with van der Waals surface area (Å²) in [5.41, 5.74) is 6.02. The monoisotopic (exact) mass is 216 g/mol. The van der Waals surface area contributed by atoms with Crippen LogP contribution in [0.1, 0.15) is 26.7 Å². The predicted octanol–water partition coefficient (Wildman–Crippen LogP) is 1.80. The minimum atomic E-state index is 0.429. The van der Waals surface area contributed by atoms with Crippen LogP contribution in [0.4, 0.5) is 0 Å². The molecular formula is C11H24N2S. The molecule has 3 unspecified atom stereocenters. The highest BCUT2D eigenvalue weighted by Crippen LogP contribution is 2.20. The van der Waals surface area contributed by atoms with Crippen LogP contribution in [-0.2, 0) is 0 Å². The molecule has 1 rings (SSSR count). The van der Waals surface area contributed by atoms with Gasteiger partial charge in [-0.2, -0.15) is 11.8 Å². The lowest BCUT2D eigenvalue weighted by molar-refractivity contribution is 0.124. The first-order valence-electron chi connectivity index (χ1n) is 5.67. The van der Waals surface area contributed by atoms with Gasteiger partial charge in [0, 0.05) is 24.4 Å². The Morgan fingerprint density at radius 3 is 2.79 bits per heavy atom. The third-order valence-electron chi connectivity index (χ3n) is 3.35. The number of nitrogens with zero attached hydrogens (tertiary/aromatic N) is 1. The van der Waals surface area contributed by atoms with Gasteiger partial charge in [0.25, 0.3) is 0 Å². The molecule has 1 saturated heterocycles. The van der Waals surface area contributed by atoms with E-state index in [9.17, 15) is 0 Å². The maximum absolute atomic E-state index is 6.02. The summed E-state index contributed by atoms with van der Waals surface area (Å²) >= 11 is 1.96. The molecule has 0 spiro atoms. The number of hydrogen-bond acceptors (Lipinski definition) is 3. The van der Waals surface area contributed by atoms with E-state index >= 15 is 0 Å². The van der Waals surface area contributed by atoms with Gasteiger partial charge in [0.2, 0.25) is 0 Å². The van der Waals surface area contributed by atoms with E-state index in [0.29, 0.717) is 12.0 Å². The quantitative estimate of drug-likeness (QED) is 0.777. The first-order valence-corrected chi connectivity index (χ1v) is 7.07. The van der Waals surface area contributed by atoms with Crippen molar-refractivity contribution in [3.05, 3.63) is 0 Å². The van der Waals surface area contributed by atoms with Crippen LogP contribution in [-0.4, -0.2) is 42.1 Å². The van der Waals surface area contributed by atoms with Gasteiger partial charge in [-0.05, 0) is 31.6 Å². The molecule has 0 radical (unpaired) electrons. The van der Waals surface area contributed by atoms with Crippen LogP contribution in [0.3, 0.4) is 0 Å². The summed E-state index contributed by atoms with van der Waals surface area (Å²) in [4.78, 5) is 2.63. The van der Waals surface area contributed by atoms with Crippen molar-refractivity contribution in [1.29, 1.82) is 0 Å². The van der Waals surface area contributed by atoms with Crippen LogP contribution in [0.15, 0.2) is 0 Å². The average Bonchev–Trinajstić information content (AvgIpc) is 2.19. The normalized spacial score (nSPS) is 31.7. The third-order valence-corrected chi connectivity index (χ3v) is 4.07. The summed E-state index contributed by atoms with van der Waals surface area (Å²) in [6.45, 7) is 6.97. The van der Waals surface area contributed by atoms with E-state index in [1.54, 1.807) is 0 Å². The van der Waals surface area contributed by atoms with E-state index in [1.807, 2.05) is 11.8 Å². The van der Waals surface area contributed by atoms with Crippen LogP contribution >= 0.6 is 11.8 Å². The van der Waals surface area contributed by atoms with Gasteiger partial charge in [0.1, 0.15) is 0 Å². The fraction of sp³-hybridized carbons (Fsp3) is 1.00. The molecule has 0 aromatic heterocycles. The molecule has 0 aliphatic carbocycles. The maximum Gasteiger partial charge on any atom is 0.0183 e. The Hall–Kier alpha value is 0.270. The number of piperidine rings is 1. The van der Waals surface area contributed by atoms with E-state index in [1.165, 1.54) is 31.7 Å². The summed E-state index contributed by atoms with van der Waals surface area (Å²) in [5, 5.41) is 0. The first kappa shape index (κ1) is 12.3. The number of hydrogen-bond donors (Lipinski definition) is 1. The zero-order chi connectivity index (χ0) is 10.6. The van der Waals surface area contributed by atoms with Crippen LogP contribution in [0.5, 0.6) is 0 Å². The van der Waals surface area contributed by atoms with Gasteiger partial charge < -0.3 is 5.73 Å². The summed E-state index contributed by atoms with van der Waals surface area (Å²) in [6, 6.07) is 1.19. The molecule has 1 fully saturated rings. The smallest absolute Gasteiger partial charge is 0.0183 e. The summed E-state index contributed by atoms with van der Waals surface area (Å²) < 4.78 is 0. The van der Waals surface area contributed by atoms with E-state index in [2.05, 4.69) is 25.0 Å². The summed E-state index contributed by atoms with van der Waals surface area (Å²) in [7, 11) is 0. The molecule has 0 bridgehead atoms. The summed E-state index contributed by atoms with van der Waals surface area (Å²) in [5.74, 6) is 1.93. The third kappa shape index (κ3) is 3.14. The van der Waals surface area contributed by atoms with E-state index in [-0.39, 0.29) is 0 Å². The van der Waals surface area contributed by atoms with Crippen LogP contribution < -0.4 is 5.73 Å². The van der Waals surface area contributed by atoms with Gasteiger partial charge in [0.05, 0.1) is 0 Å². The van der Waals surface area contributed by atoms with Gasteiger partial charge in [-0.15, -0.1) is 0 Å². The zero-order valence-electron chi connectivity index (χ0n) is 9.70. The number of nitrogens with two attached hydrogens (primary N) is 1. The molecule has 2 N–H and O–H groups in total. The molecule has 0 saturated carbocycles. The van der Waals surface area contributed by atoms with Crippen molar-refractivity contribution in [1.82, 2.24) is 4.90 Å². The average molecular weight is 216 g/mol. The number of likely N-dealkylation sites (tertiary alicyclic amines) is 1. The molecule has 1 aliphatic rings. The van der Waals surface area contributed by atoms with E-state index in [4.69, 9.17) is 5.73 Å². The Balaban J connectivity index is 2.43. The molecule has 3 heteroatoms. The van der Waals surface area contributed by atoms with Crippen molar-refractivity contribution in [2.75, 3.05) is 25.1 Å². The van der Waals surface area contributed by atoms with Crippen molar-refractivity contribution in [3.8, 4) is 0 Å². The highest BCUT2D eigenvalue weighted by atomic mass is 32.2. The van der Waals surface area contributed by atoms with Crippen LogP contribution in [0.2, 0.25) is 0 Å². The van der Waals surface area contributed by atoms with Gasteiger partial charge in [0.15, 0.2) is 0 Å². The van der Waals surface area contributed by atoms with Gasteiger partial charge in [-0.25, -0.2) is 0 Å². The largest absolute Gasteiger partial charge is 0.327 e. The molecule has 2 nitrogen and oxygen atoms in total. The lowest BCUT2D eigenvalue weighted by Crippen LogP contribution is -2.50. The molecule has 1 heterocycles. The molecule has 84 valence electrons. The second-order valence-corrected chi connectivity index (χ2v) is 5.35. The molecule has 0 aromatic carbocycles. The van der Waals surface area contributed by atoms with Gasteiger partial charge >= 0.3 is 0 Å². The highest BCUT2D eigenvalue weighted by molar-refractivity contribution is 7.98. The molecule has 0 aromatic rings. The Morgan fingerprint density at radius 2 is 2.29 bits per heavy atom. The second kappa shape index (κ2) is 5.99. The van der Waals surface area contributed by atoms with Gasteiger partial charge in [-0.1, -0.05) is 13.8 Å². The molecular weight excluding hydrogens is 192 g/mol. The summed E-state index contributed by atoms with van der Waals surface area (Å²) in [6.07, 6.45) is 4.64. The van der Waals surface area contributed by atoms with Crippen molar-refractivity contribution in [3.63, 3.8) is 0 Å². The highest BCUT2D eigenvalue weighted by Gasteiger charge is 2.26. The Bertz CT molecular complexity index is 163. The second-order valence-electron chi connectivity index (χ2n) is 4.44. The van der Waals surface area contributed by atoms with Crippen molar-refractivity contribution < 1.29 is 0 Å². The van der Waals surface area contributed by atoms with Crippen LogP contribution in [0, 0.1) is 5.92 Å². The molecule has 0 amide bonds. The number of rotatable bonds is 4.